The Balaban J connectivity index is 2.12. The summed E-state index contributed by atoms with van der Waals surface area (Å²) in [5.41, 5.74) is 4.71. The second-order valence-corrected chi connectivity index (χ2v) is 6.89. The molecule has 0 saturated carbocycles. The van der Waals surface area contributed by atoms with E-state index >= 15 is 0 Å². The Morgan fingerprint density at radius 1 is 1.48 bits per heavy atom. The van der Waals surface area contributed by atoms with Gasteiger partial charge in [0, 0.05) is 19.6 Å². The molecule has 0 aromatic heterocycles. The molecule has 114 valence electrons. The minimum absolute atomic E-state index is 0.675. The van der Waals surface area contributed by atoms with E-state index < -0.39 is 0 Å². The molecular weight excluding hydrogens is 274 g/mol. The maximum absolute atomic E-state index is 3.82. The highest BCUT2D eigenvalue weighted by molar-refractivity contribution is 8.05. The predicted octanol–water partition coefficient (Wildman–Crippen LogP) is 5.34. The first-order valence-corrected chi connectivity index (χ1v) is 8.83. The monoisotopic (exact) mass is 301 g/mol. The van der Waals surface area contributed by atoms with Gasteiger partial charge in [0.25, 0.3) is 0 Å². The van der Waals surface area contributed by atoms with E-state index in [1.165, 1.54) is 23.3 Å². The number of thioether (sulfide) groups is 1. The molecule has 0 radical (unpaired) electrons. The van der Waals surface area contributed by atoms with Crippen molar-refractivity contribution < 1.29 is 0 Å². The summed E-state index contributed by atoms with van der Waals surface area (Å²) in [6.45, 7) is 13.8. The highest BCUT2D eigenvalue weighted by Crippen LogP contribution is 2.30. The number of fused-ring (bicyclic) bond motifs is 1. The summed E-state index contributed by atoms with van der Waals surface area (Å²) in [5.74, 6) is 0.675. The Hall–Kier alpha value is -0.990. The molecule has 2 rings (SSSR count). The zero-order valence-electron chi connectivity index (χ0n) is 13.6. The molecular formula is C19H27NS. The van der Waals surface area contributed by atoms with Gasteiger partial charge in [-0.05, 0) is 52.7 Å². The molecule has 21 heavy (non-hydrogen) atoms. The third kappa shape index (κ3) is 4.02. The minimum Gasteiger partial charge on any atom is -0.294 e. The lowest BCUT2D eigenvalue weighted by atomic mass is 9.87. The summed E-state index contributed by atoms with van der Waals surface area (Å²) >= 11 is 1.75. The lowest BCUT2D eigenvalue weighted by Gasteiger charge is -2.31. The Labute approximate surface area is 134 Å². The summed E-state index contributed by atoms with van der Waals surface area (Å²) in [4.78, 5) is 3.95. The van der Waals surface area contributed by atoms with Crippen LogP contribution in [0.1, 0.15) is 49.8 Å². The van der Waals surface area contributed by atoms with Gasteiger partial charge >= 0.3 is 0 Å². The van der Waals surface area contributed by atoms with E-state index in [-0.39, 0.29) is 0 Å². The Bertz CT molecular complexity index is 518. The summed E-state index contributed by atoms with van der Waals surface area (Å²) in [6.07, 6.45) is 4.61. The molecule has 0 spiro atoms. The van der Waals surface area contributed by atoms with E-state index in [0.29, 0.717) is 5.92 Å². The van der Waals surface area contributed by atoms with Crippen LogP contribution in [0.25, 0.3) is 0 Å². The Morgan fingerprint density at radius 3 is 2.95 bits per heavy atom. The molecule has 0 bridgehead atoms. The van der Waals surface area contributed by atoms with Gasteiger partial charge in [-0.2, -0.15) is 0 Å². The van der Waals surface area contributed by atoms with Gasteiger partial charge in [0.15, 0.2) is 0 Å². The average molecular weight is 301 g/mol. The number of hydrogen-bond donors (Lipinski definition) is 0. The fraction of sp³-hybridized carbons (Fsp3) is 0.474. The van der Waals surface area contributed by atoms with E-state index in [2.05, 4.69) is 56.5 Å². The largest absolute Gasteiger partial charge is 0.294 e. The first-order chi connectivity index (χ1) is 10.2. The van der Waals surface area contributed by atoms with Crippen molar-refractivity contribution in [3.8, 4) is 0 Å². The van der Waals surface area contributed by atoms with Crippen LogP contribution in [-0.4, -0.2) is 18.0 Å². The summed E-state index contributed by atoms with van der Waals surface area (Å²) in [6, 6.07) is 6.87. The number of hydrogen-bond acceptors (Lipinski definition) is 2. The molecule has 1 unspecified atom stereocenters. The minimum atomic E-state index is 0.675. The van der Waals surface area contributed by atoms with Crippen LogP contribution in [0.15, 0.2) is 41.2 Å². The number of allylic oxidation sites excluding steroid dienone is 1. The Morgan fingerprint density at radius 2 is 2.29 bits per heavy atom. The maximum Gasteiger partial charge on any atom is 0.0297 e. The van der Waals surface area contributed by atoms with Crippen LogP contribution in [0.2, 0.25) is 0 Å². The van der Waals surface area contributed by atoms with Crippen molar-refractivity contribution in [1.29, 1.82) is 0 Å². The van der Waals surface area contributed by atoms with Crippen molar-refractivity contribution in [3.63, 3.8) is 0 Å². The highest BCUT2D eigenvalue weighted by atomic mass is 32.2. The first-order valence-electron chi connectivity index (χ1n) is 7.95. The van der Waals surface area contributed by atoms with Gasteiger partial charge in [0.1, 0.15) is 0 Å². The molecule has 0 N–H and O–H groups in total. The summed E-state index contributed by atoms with van der Waals surface area (Å²) < 4.78 is 0. The lowest BCUT2D eigenvalue weighted by Crippen LogP contribution is -2.32. The third-order valence-electron chi connectivity index (χ3n) is 4.46. The van der Waals surface area contributed by atoms with Gasteiger partial charge < -0.3 is 0 Å². The molecule has 0 aliphatic carbocycles. The molecule has 2 heteroatoms. The van der Waals surface area contributed by atoms with Crippen LogP contribution in [-0.2, 0) is 13.0 Å². The summed E-state index contributed by atoms with van der Waals surface area (Å²) in [7, 11) is 0. The number of nitrogens with zero attached hydrogens (tertiary/aromatic N) is 1. The molecule has 0 amide bonds. The van der Waals surface area contributed by atoms with Crippen molar-refractivity contribution in [1.82, 2.24) is 4.90 Å². The molecule has 1 atom stereocenters. The quantitative estimate of drug-likeness (QED) is 0.698. The smallest absolute Gasteiger partial charge is 0.0297 e. The van der Waals surface area contributed by atoms with Gasteiger partial charge in [-0.15, -0.1) is 11.8 Å². The maximum atomic E-state index is 3.82. The van der Waals surface area contributed by atoms with Gasteiger partial charge in [0.05, 0.1) is 0 Å². The van der Waals surface area contributed by atoms with E-state index in [0.717, 1.165) is 19.6 Å². The molecule has 1 heterocycles. The van der Waals surface area contributed by atoms with Crippen LogP contribution in [0, 0.1) is 0 Å². The second-order valence-electron chi connectivity index (χ2n) is 5.79. The zero-order valence-corrected chi connectivity index (χ0v) is 14.4. The highest BCUT2D eigenvalue weighted by Gasteiger charge is 2.20. The average Bonchev–Trinajstić information content (AvgIpc) is 2.52. The zero-order chi connectivity index (χ0) is 15.2. The fourth-order valence-corrected chi connectivity index (χ4v) is 3.65. The Kier molecular flexibility index (Phi) is 6.13. The molecule has 1 aromatic rings. The third-order valence-corrected chi connectivity index (χ3v) is 5.29. The fourth-order valence-electron chi connectivity index (χ4n) is 3.04. The predicted molar refractivity (Wildman–Crippen MR) is 95.7 cm³/mol. The van der Waals surface area contributed by atoms with Crippen molar-refractivity contribution in [3.05, 3.63) is 57.9 Å². The standard InChI is InChI=1S/C19H27NS/c1-5-15(4)18-10-8-9-16-13-20(12-11-19(16)18)14-17(6-2)21-7-3/h6-10,15H,3,5,11-14H2,1-2,4H3/b17-6-. The van der Waals surface area contributed by atoms with Crippen LogP contribution >= 0.6 is 11.8 Å². The van der Waals surface area contributed by atoms with Crippen LogP contribution in [0.3, 0.4) is 0 Å². The van der Waals surface area contributed by atoms with Crippen molar-refractivity contribution in [2.24, 2.45) is 0 Å². The molecule has 1 aromatic carbocycles. The number of rotatable bonds is 6. The van der Waals surface area contributed by atoms with Crippen molar-refractivity contribution in [2.45, 2.75) is 46.1 Å². The molecule has 0 saturated heterocycles. The van der Waals surface area contributed by atoms with E-state index in [1.807, 2.05) is 5.41 Å². The molecule has 1 aliphatic rings. The summed E-state index contributed by atoms with van der Waals surface area (Å²) in [5, 5.41) is 1.92. The van der Waals surface area contributed by atoms with Crippen molar-refractivity contribution >= 4 is 11.8 Å². The molecule has 0 fully saturated rings. The van der Waals surface area contributed by atoms with E-state index in [9.17, 15) is 0 Å². The lowest BCUT2D eigenvalue weighted by molar-refractivity contribution is 0.279. The van der Waals surface area contributed by atoms with Crippen LogP contribution < -0.4 is 0 Å². The molecule has 1 nitrogen and oxygen atoms in total. The second kappa shape index (κ2) is 7.86. The van der Waals surface area contributed by atoms with Crippen molar-refractivity contribution in [2.75, 3.05) is 13.1 Å². The normalized spacial score (nSPS) is 17.4. The van der Waals surface area contributed by atoms with Crippen LogP contribution in [0.5, 0.6) is 0 Å². The first kappa shape index (κ1) is 16.4. The van der Waals surface area contributed by atoms with Gasteiger partial charge in [0.2, 0.25) is 0 Å². The SMILES string of the molecule is C=CS/C(=C\C)CN1CCc2c(cccc2C(C)CC)C1. The van der Waals surface area contributed by atoms with Crippen LogP contribution in [0.4, 0.5) is 0 Å². The van der Waals surface area contributed by atoms with Gasteiger partial charge in [-0.3, -0.25) is 4.90 Å². The number of benzene rings is 1. The van der Waals surface area contributed by atoms with E-state index in [4.69, 9.17) is 0 Å². The molecule has 1 aliphatic heterocycles. The van der Waals surface area contributed by atoms with Gasteiger partial charge in [-0.25, -0.2) is 0 Å². The van der Waals surface area contributed by atoms with Gasteiger partial charge in [-0.1, -0.05) is 44.7 Å². The topological polar surface area (TPSA) is 3.24 Å². The van der Waals surface area contributed by atoms with E-state index in [1.54, 1.807) is 22.9 Å².